The molecule has 0 radical (unpaired) electrons. The molecule has 0 aliphatic rings. The lowest BCUT2D eigenvalue weighted by atomic mass is 10.1. The summed E-state index contributed by atoms with van der Waals surface area (Å²) >= 11 is 0. The van der Waals surface area contributed by atoms with Gasteiger partial charge in [0.2, 0.25) is 11.2 Å². The summed E-state index contributed by atoms with van der Waals surface area (Å²) in [4.78, 5) is 38.9. The maximum atomic E-state index is 14.0. The number of nitrogens with one attached hydrogen (secondary N) is 2. The van der Waals surface area contributed by atoms with E-state index >= 15 is 0 Å². The second kappa shape index (κ2) is 11.8. The van der Waals surface area contributed by atoms with Gasteiger partial charge in [-0.05, 0) is 18.6 Å². The van der Waals surface area contributed by atoms with Crippen molar-refractivity contribution in [3.8, 4) is 5.75 Å². The molecule has 3 rings (SSSR count). The lowest BCUT2D eigenvalue weighted by Crippen LogP contribution is -2.36. The van der Waals surface area contributed by atoms with Crippen LogP contribution in [0.15, 0.2) is 72.2 Å². The van der Waals surface area contributed by atoms with Gasteiger partial charge in [-0.25, -0.2) is 13.6 Å². The van der Waals surface area contributed by atoms with E-state index in [-0.39, 0.29) is 36.0 Å². The number of methoxy groups -OCH3 is 1. The normalized spacial score (nSPS) is 11.3. The van der Waals surface area contributed by atoms with Crippen LogP contribution in [0.4, 0.5) is 8.78 Å². The molecular weight excluding hydrogens is 472 g/mol. The SMILES string of the molecule is C=CC(C)Nn1cc(C(=O)NCc2ccc(F)cc2F)c(=O)c(OCc2ccccc2)c1C(=O)OC. The first kappa shape index (κ1) is 26.1. The average Bonchev–Trinajstić information content (AvgIpc) is 2.87. The van der Waals surface area contributed by atoms with Crippen molar-refractivity contribution in [2.24, 2.45) is 0 Å². The van der Waals surface area contributed by atoms with Crippen molar-refractivity contribution in [3.63, 3.8) is 0 Å². The van der Waals surface area contributed by atoms with Crippen molar-refractivity contribution in [2.45, 2.75) is 26.1 Å². The minimum atomic E-state index is -0.876. The van der Waals surface area contributed by atoms with E-state index in [9.17, 15) is 23.2 Å². The molecule has 2 aromatic carbocycles. The first-order chi connectivity index (χ1) is 17.2. The lowest BCUT2D eigenvalue weighted by Gasteiger charge is -2.21. The Morgan fingerprint density at radius 1 is 1.17 bits per heavy atom. The molecule has 0 fully saturated rings. The Hall–Kier alpha value is -4.47. The zero-order chi connectivity index (χ0) is 26.2. The van der Waals surface area contributed by atoms with E-state index < -0.39 is 34.7 Å². The van der Waals surface area contributed by atoms with Gasteiger partial charge >= 0.3 is 5.97 Å². The zero-order valence-corrected chi connectivity index (χ0v) is 19.7. The number of rotatable bonds is 10. The molecule has 0 saturated heterocycles. The van der Waals surface area contributed by atoms with Gasteiger partial charge in [0.15, 0.2) is 5.69 Å². The second-order valence-corrected chi connectivity index (χ2v) is 7.76. The second-order valence-electron chi connectivity index (χ2n) is 7.76. The molecule has 1 amide bonds. The quantitative estimate of drug-likeness (QED) is 0.329. The summed E-state index contributed by atoms with van der Waals surface area (Å²) in [7, 11) is 1.15. The van der Waals surface area contributed by atoms with E-state index in [4.69, 9.17) is 9.47 Å². The van der Waals surface area contributed by atoms with E-state index in [1.807, 2.05) is 6.07 Å². The molecular formula is C26H25F2N3O5. The van der Waals surface area contributed by atoms with Gasteiger partial charge < -0.3 is 20.2 Å². The smallest absolute Gasteiger partial charge is 0.360 e. The van der Waals surface area contributed by atoms with Crippen LogP contribution in [0.25, 0.3) is 0 Å². The Kier molecular flexibility index (Phi) is 8.56. The predicted molar refractivity (Wildman–Crippen MR) is 129 cm³/mol. The Labute approximate surface area is 206 Å². The van der Waals surface area contributed by atoms with E-state index in [0.29, 0.717) is 11.6 Å². The Bertz CT molecular complexity index is 1330. The first-order valence-corrected chi connectivity index (χ1v) is 10.9. The number of hydrogen-bond donors (Lipinski definition) is 2. The maximum absolute atomic E-state index is 14.0. The number of nitrogens with zero attached hydrogens (tertiary/aromatic N) is 1. The van der Waals surface area contributed by atoms with Gasteiger partial charge in [-0.2, -0.15) is 0 Å². The lowest BCUT2D eigenvalue weighted by molar-refractivity contribution is 0.0581. The van der Waals surface area contributed by atoms with E-state index in [2.05, 4.69) is 17.3 Å². The molecule has 36 heavy (non-hydrogen) atoms. The number of hydrogen-bond acceptors (Lipinski definition) is 6. The van der Waals surface area contributed by atoms with Gasteiger partial charge in [0.1, 0.15) is 23.8 Å². The van der Waals surface area contributed by atoms with Crippen molar-refractivity contribution >= 4 is 11.9 Å². The van der Waals surface area contributed by atoms with Crippen molar-refractivity contribution in [3.05, 3.63) is 112 Å². The van der Waals surface area contributed by atoms with Crippen LogP contribution in [-0.2, 0) is 17.9 Å². The van der Waals surface area contributed by atoms with Crippen molar-refractivity contribution < 1.29 is 27.8 Å². The molecule has 0 saturated carbocycles. The molecule has 8 nitrogen and oxygen atoms in total. The molecule has 1 heterocycles. The third-order valence-electron chi connectivity index (χ3n) is 5.17. The van der Waals surface area contributed by atoms with Crippen LogP contribution < -0.4 is 20.9 Å². The number of benzene rings is 2. The molecule has 188 valence electrons. The summed E-state index contributed by atoms with van der Waals surface area (Å²) in [5.74, 6) is -3.74. The molecule has 0 spiro atoms. The average molecular weight is 497 g/mol. The first-order valence-electron chi connectivity index (χ1n) is 10.9. The van der Waals surface area contributed by atoms with Crippen LogP contribution in [0, 0.1) is 11.6 Å². The molecule has 1 unspecified atom stereocenters. The summed E-state index contributed by atoms with van der Waals surface area (Å²) in [5, 5.41) is 2.44. The number of amides is 1. The fourth-order valence-electron chi connectivity index (χ4n) is 3.21. The van der Waals surface area contributed by atoms with Crippen LogP contribution in [0.1, 0.15) is 38.9 Å². The predicted octanol–water partition coefficient (Wildman–Crippen LogP) is 3.54. The van der Waals surface area contributed by atoms with Crippen molar-refractivity contribution in [1.29, 1.82) is 0 Å². The number of esters is 1. The van der Waals surface area contributed by atoms with Gasteiger partial charge in [0.05, 0.1) is 13.2 Å². The molecule has 1 aromatic heterocycles. The van der Waals surface area contributed by atoms with E-state index in [0.717, 1.165) is 24.0 Å². The largest absolute Gasteiger partial charge is 0.482 e. The minimum absolute atomic E-state index is 0.0233. The van der Waals surface area contributed by atoms with Crippen LogP contribution >= 0.6 is 0 Å². The molecule has 10 heteroatoms. The number of carbonyl (C=O) groups is 2. The topological polar surface area (TPSA) is 98.7 Å². The summed E-state index contributed by atoms with van der Waals surface area (Å²) in [6.07, 6.45) is 2.67. The summed E-state index contributed by atoms with van der Waals surface area (Å²) < 4.78 is 38.9. The number of pyridine rings is 1. The van der Waals surface area contributed by atoms with Gasteiger partial charge in [-0.1, -0.05) is 42.5 Å². The van der Waals surface area contributed by atoms with Crippen LogP contribution in [-0.4, -0.2) is 29.7 Å². The number of halogens is 2. The van der Waals surface area contributed by atoms with Gasteiger partial charge in [-0.15, -0.1) is 6.58 Å². The fourth-order valence-corrected chi connectivity index (χ4v) is 3.21. The van der Waals surface area contributed by atoms with Gasteiger partial charge in [0.25, 0.3) is 5.91 Å². The maximum Gasteiger partial charge on any atom is 0.360 e. The molecule has 0 aliphatic heterocycles. The third kappa shape index (κ3) is 6.15. The highest BCUT2D eigenvalue weighted by Gasteiger charge is 2.27. The summed E-state index contributed by atoms with van der Waals surface area (Å²) in [5.41, 5.74) is 2.16. The third-order valence-corrected chi connectivity index (χ3v) is 5.17. The summed E-state index contributed by atoms with van der Waals surface area (Å²) in [6, 6.07) is 11.5. The highest BCUT2D eigenvalue weighted by atomic mass is 19.1. The van der Waals surface area contributed by atoms with Crippen LogP contribution in [0.5, 0.6) is 5.75 Å². The molecule has 0 bridgehead atoms. The molecule has 0 aliphatic carbocycles. The van der Waals surface area contributed by atoms with Gasteiger partial charge in [0, 0.05) is 24.4 Å². The number of carbonyl (C=O) groups excluding carboxylic acids is 2. The van der Waals surface area contributed by atoms with E-state index in [1.54, 1.807) is 37.3 Å². The monoisotopic (exact) mass is 497 g/mol. The standard InChI is InChI=1S/C26H25F2N3O5/c1-4-16(2)30-31-14-20(25(33)29-13-18-10-11-19(27)12-21(18)28)23(32)24(22(31)26(34)35-3)36-15-17-8-6-5-7-9-17/h4-12,14,16,30H,1,13,15H2,2-3H3,(H,29,33). The van der Waals surface area contributed by atoms with Crippen LogP contribution in [0.2, 0.25) is 0 Å². The minimum Gasteiger partial charge on any atom is -0.482 e. The highest BCUT2D eigenvalue weighted by Crippen LogP contribution is 2.19. The highest BCUT2D eigenvalue weighted by molar-refractivity contribution is 5.97. The van der Waals surface area contributed by atoms with E-state index in [1.165, 1.54) is 6.07 Å². The molecule has 1 atom stereocenters. The Morgan fingerprint density at radius 2 is 1.89 bits per heavy atom. The Balaban J connectivity index is 2.03. The van der Waals surface area contributed by atoms with Crippen LogP contribution in [0.3, 0.4) is 0 Å². The molecule has 3 aromatic rings. The summed E-state index contributed by atoms with van der Waals surface area (Å²) in [6.45, 7) is 5.03. The fraction of sp³-hybridized carbons (Fsp3) is 0.192. The van der Waals surface area contributed by atoms with Crippen molar-refractivity contribution in [2.75, 3.05) is 12.5 Å². The van der Waals surface area contributed by atoms with Crippen molar-refractivity contribution in [1.82, 2.24) is 9.99 Å². The zero-order valence-electron chi connectivity index (χ0n) is 19.7. The number of ether oxygens (including phenoxy) is 2. The van der Waals surface area contributed by atoms with Gasteiger partial charge in [-0.3, -0.25) is 14.3 Å². The Morgan fingerprint density at radius 3 is 2.53 bits per heavy atom. The number of aromatic nitrogens is 1. The molecule has 2 N–H and O–H groups in total.